The molecule has 1 heterocycles. The van der Waals surface area contributed by atoms with Gasteiger partial charge in [0, 0.05) is 6.04 Å². The van der Waals surface area contributed by atoms with E-state index in [0.29, 0.717) is 6.04 Å². The average molecular weight is 283 g/mol. The van der Waals surface area contributed by atoms with Crippen LogP contribution < -0.4 is 0 Å². The van der Waals surface area contributed by atoms with Crippen molar-refractivity contribution in [1.29, 1.82) is 0 Å². The number of rotatable bonds is 3. The summed E-state index contributed by atoms with van der Waals surface area (Å²) in [5.41, 5.74) is 3.34. The molecule has 1 aliphatic carbocycles. The van der Waals surface area contributed by atoms with Crippen LogP contribution in [-0.4, -0.2) is 9.55 Å². The SMILES string of the molecule is ClC(c1ccccc1)c1nc2ccccc2n1C1CC1. The normalized spacial score (nSPS) is 16.4. The number of fused-ring (bicyclic) bond motifs is 1. The second-order valence-corrected chi connectivity index (χ2v) is 5.77. The lowest BCUT2D eigenvalue weighted by atomic mass is 10.1. The van der Waals surface area contributed by atoms with Gasteiger partial charge < -0.3 is 4.57 Å². The molecule has 100 valence electrons. The third-order valence-corrected chi connectivity index (χ3v) is 4.30. The Bertz CT molecular complexity index is 744. The number of nitrogens with zero attached hydrogens (tertiary/aromatic N) is 2. The minimum atomic E-state index is -0.191. The first-order valence-corrected chi connectivity index (χ1v) is 7.44. The lowest BCUT2D eigenvalue weighted by molar-refractivity contribution is 0.709. The summed E-state index contributed by atoms with van der Waals surface area (Å²) in [6.45, 7) is 0. The summed E-state index contributed by atoms with van der Waals surface area (Å²) >= 11 is 6.70. The van der Waals surface area contributed by atoms with E-state index in [1.54, 1.807) is 0 Å². The van der Waals surface area contributed by atoms with Crippen LogP contribution in [0.4, 0.5) is 0 Å². The minimum absolute atomic E-state index is 0.191. The number of hydrogen-bond donors (Lipinski definition) is 0. The van der Waals surface area contributed by atoms with Gasteiger partial charge in [-0.3, -0.25) is 0 Å². The largest absolute Gasteiger partial charge is 0.323 e. The monoisotopic (exact) mass is 282 g/mol. The molecule has 4 rings (SSSR count). The number of alkyl halides is 1. The van der Waals surface area contributed by atoms with Gasteiger partial charge in [0.1, 0.15) is 11.2 Å². The molecule has 0 saturated heterocycles. The van der Waals surface area contributed by atoms with E-state index in [-0.39, 0.29) is 5.38 Å². The average Bonchev–Trinajstić information content (AvgIpc) is 3.27. The smallest absolute Gasteiger partial charge is 0.132 e. The van der Waals surface area contributed by atoms with Crippen molar-refractivity contribution >= 4 is 22.6 Å². The molecule has 1 unspecified atom stereocenters. The molecule has 3 heteroatoms. The molecule has 0 radical (unpaired) electrons. The van der Waals surface area contributed by atoms with E-state index in [1.807, 2.05) is 24.3 Å². The maximum Gasteiger partial charge on any atom is 0.132 e. The maximum absolute atomic E-state index is 6.70. The van der Waals surface area contributed by atoms with E-state index in [9.17, 15) is 0 Å². The van der Waals surface area contributed by atoms with Gasteiger partial charge in [0.2, 0.25) is 0 Å². The summed E-state index contributed by atoms with van der Waals surface area (Å²) in [5.74, 6) is 0.974. The summed E-state index contributed by atoms with van der Waals surface area (Å²) in [7, 11) is 0. The topological polar surface area (TPSA) is 17.8 Å². The fourth-order valence-corrected chi connectivity index (χ4v) is 3.03. The molecular formula is C17H15ClN2. The van der Waals surface area contributed by atoms with Gasteiger partial charge in [0.25, 0.3) is 0 Å². The molecule has 1 aromatic heterocycles. The number of hydrogen-bond acceptors (Lipinski definition) is 1. The third kappa shape index (κ3) is 1.92. The Labute approximate surface area is 123 Å². The van der Waals surface area contributed by atoms with Crippen LogP contribution in [0, 0.1) is 0 Å². The Morgan fingerprint density at radius 3 is 2.45 bits per heavy atom. The Balaban J connectivity index is 1.89. The van der Waals surface area contributed by atoms with Crippen LogP contribution in [0.5, 0.6) is 0 Å². The highest BCUT2D eigenvalue weighted by Gasteiger charge is 2.30. The lowest BCUT2D eigenvalue weighted by Crippen LogP contribution is -2.05. The quantitative estimate of drug-likeness (QED) is 0.637. The molecule has 1 aliphatic rings. The number of imidazole rings is 1. The molecule has 20 heavy (non-hydrogen) atoms. The van der Waals surface area contributed by atoms with Crippen molar-refractivity contribution in [3.05, 3.63) is 66.0 Å². The lowest BCUT2D eigenvalue weighted by Gasteiger charge is -2.13. The van der Waals surface area contributed by atoms with E-state index in [1.165, 1.54) is 18.4 Å². The highest BCUT2D eigenvalue weighted by molar-refractivity contribution is 6.22. The van der Waals surface area contributed by atoms with Crippen LogP contribution in [0.3, 0.4) is 0 Å². The summed E-state index contributed by atoms with van der Waals surface area (Å²) < 4.78 is 2.33. The van der Waals surface area contributed by atoms with Gasteiger partial charge in [0.15, 0.2) is 0 Å². The fraction of sp³-hybridized carbons (Fsp3) is 0.235. The molecule has 0 spiro atoms. The summed E-state index contributed by atoms with van der Waals surface area (Å²) in [4.78, 5) is 4.78. The van der Waals surface area contributed by atoms with Crippen LogP contribution in [0.15, 0.2) is 54.6 Å². The Morgan fingerprint density at radius 2 is 1.70 bits per heavy atom. The molecule has 1 fully saturated rings. The Morgan fingerprint density at radius 1 is 1.00 bits per heavy atom. The molecular weight excluding hydrogens is 268 g/mol. The first-order chi connectivity index (χ1) is 9.84. The molecule has 0 N–H and O–H groups in total. The van der Waals surface area contributed by atoms with Gasteiger partial charge in [-0.1, -0.05) is 42.5 Å². The van der Waals surface area contributed by atoms with Crippen molar-refractivity contribution in [2.45, 2.75) is 24.3 Å². The molecule has 2 aromatic carbocycles. The van der Waals surface area contributed by atoms with Crippen LogP contribution in [0.2, 0.25) is 0 Å². The first-order valence-electron chi connectivity index (χ1n) is 7.00. The van der Waals surface area contributed by atoms with Gasteiger partial charge in [-0.25, -0.2) is 4.98 Å². The van der Waals surface area contributed by atoms with E-state index >= 15 is 0 Å². The highest BCUT2D eigenvalue weighted by atomic mass is 35.5. The summed E-state index contributed by atoms with van der Waals surface area (Å²) in [5, 5.41) is -0.191. The Kier molecular flexibility index (Phi) is 2.78. The van der Waals surface area contributed by atoms with Crippen molar-refractivity contribution in [2.24, 2.45) is 0 Å². The summed E-state index contributed by atoms with van der Waals surface area (Å²) in [6.07, 6.45) is 2.46. The van der Waals surface area contributed by atoms with Crippen molar-refractivity contribution in [3.8, 4) is 0 Å². The summed E-state index contributed by atoms with van der Waals surface area (Å²) in [6, 6.07) is 19.1. The van der Waals surface area contributed by atoms with E-state index in [4.69, 9.17) is 16.6 Å². The maximum atomic E-state index is 6.70. The van der Waals surface area contributed by atoms with Crippen molar-refractivity contribution < 1.29 is 0 Å². The minimum Gasteiger partial charge on any atom is -0.323 e. The van der Waals surface area contributed by atoms with Gasteiger partial charge in [-0.15, -0.1) is 11.6 Å². The van der Waals surface area contributed by atoms with Crippen LogP contribution >= 0.6 is 11.6 Å². The van der Waals surface area contributed by atoms with Crippen molar-refractivity contribution in [2.75, 3.05) is 0 Å². The van der Waals surface area contributed by atoms with Gasteiger partial charge in [-0.2, -0.15) is 0 Å². The van der Waals surface area contributed by atoms with Gasteiger partial charge >= 0.3 is 0 Å². The number of benzene rings is 2. The zero-order valence-corrected chi connectivity index (χ0v) is 11.8. The number of halogens is 1. The van der Waals surface area contributed by atoms with E-state index in [0.717, 1.165) is 16.9 Å². The van der Waals surface area contributed by atoms with Crippen molar-refractivity contribution in [1.82, 2.24) is 9.55 Å². The molecule has 0 amide bonds. The number of para-hydroxylation sites is 2. The van der Waals surface area contributed by atoms with Gasteiger partial charge in [0.05, 0.1) is 11.0 Å². The zero-order valence-electron chi connectivity index (χ0n) is 11.0. The second-order valence-electron chi connectivity index (χ2n) is 5.33. The molecule has 2 nitrogen and oxygen atoms in total. The first kappa shape index (κ1) is 12.0. The highest BCUT2D eigenvalue weighted by Crippen LogP contribution is 2.42. The number of aromatic nitrogens is 2. The zero-order chi connectivity index (χ0) is 13.5. The van der Waals surface area contributed by atoms with Crippen LogP contribution in [-0.2, 0) is 0 Å². The van der Waals surface area contributed by atoms with Gasteiger partial charge in [-0.05, 0) is 30.5 Å². The van der Waals surface area contributed by atoms with Crippen LogP contribution in [0.1, 0.15) is 35.6 Å². The Hall–Kier alpha value is -1.80. The fourth-order valence-electron chi connectivity index (χ4n) is 2.73. The predicted molar refractivity (Wildman–Crippen MR) is 82.1 cm³/mol. The molecule has 1 atom stereocenters. The van der Waals surface area contributed by atoms with E-state index in [2.05, 4.69) is 34.9 Å². The second kappa shape index (κ2) is 4.64. The molecule has 0 aliphatic heterocycles. The van der Waals surface area contributed by atoms with Crippen molar-refractivity contribution in [3.63, 3.8) is 0 Å². The van der Waals surface area contributed by atoms with E-state index < -0.39 is 0 Å². The molecule has 0 bridgehead atoms. The van der Waals surface area contributed by atoms with Crippen LogP contribution in [0.25, 0.3) is 11.0 Å². The molecule has 3 aromatic rings. The predicted octanol–water partition coefficient (Wildman–Crippen LogP) is 4.70. The third-order valence-electron chi connectivity index (χ3n) is 3.85. The molecule has 1 saturated carbocycles. The standard InChI is InChI=1S/C17H15ClN2/c18-16(12-6-2-1-3-7-12)17-19-14-8-4-5-9-15(14)20(17)13-10-11-13/h1-9,13,16H,10-11H2.